The van der Waals surface area contributed by atoms with Crippen LogP contribution < -0.4 is 5.32 Å². The Hall–Kier alpha value is -1.75. The Morgan fingerprint density at radius 2 is 0.556 bits per heavy atom. The standard InChI is InChI=1S/C5H9N.6BF4/c1-5-3-2-4-6-5;6*2-1(3,4)5/h3,6H,2,4H2,1H3;;;;;;/q;6*-1. The molecule has 31 heteroatoms. The van der Waals surface area contributed by atoms with Crippen LogP contribution in [0.15, 0.2) is 11.8 Å². The average molecular weight is 604 g/mol. The van der Waals surface area contributed by atoms with Crippen LogP contribution in [-0.4, -0.2) is 50.1 Å². The Bertz CT molecular complexity index is 379. The summed E-state index contributed by atoms with van der Waals surface area (Å²) in [5, 5.41) is 3.18. The highest BCUT2D eigenvalue weighted by atomic mass is 19.5. The molecule has 0 radical (unpaired) electrons. The van der Waals surface area contributed by atoms with Gasteiger partial charge in [-0.2, -0.15) is 0 Å². The van der Waals surface area contributed by atoms with Crippen LogP contribution in [-0.2, 0) is 0 Å². The molecule has 1 N–H and O–H groups in total. The number of allylic oxidation sites excluding steroid dienone is 1. The van der Waals surface area contributed by atoms with Crippen LogP contribution in [0.5, 0.6) is 0 Å². The SMILES string of the molecule is CC1=CCCN1.F[B-](F)(F)F.F[B-](F)(F)F.F[B-](F)(F)F.F[B-](F)(F)F.F[B-](F)(F)F.F[B-](F)(F)F. The van der Waals surface area contributed by atoms with E-state index in [9.17, 15) is 104 Å². The monoisotopic (exact) mass is 605 g/mol. The van der Waals surface area contributed by atoms with E-state index in [1.165, 1.54) is 12.1 Å². The van der Waals surface area contributed by atoms with E-state index < -0.39 is 43.5 Å². The lowest BCUT2D eigenvalue weighted by atomic mass is 10.3. The first kappa shape index (κ1) is 47.4. The zero-order chi connectivity index (χ0) is 31.4. The van der Waals surface area contributed by atoms with E-state index in [4.69, 9.17) is 0 Å². The lowest BCUT2D eigenvalue weighted by Gasteiger charge is -1.94. The van der Waals surface area contributed by atoms with Crippen LogP contribution in [0, 0.1) is 0 Å². The van der Waals surface area contributed by atoms with Gasteiger partial charge in [-0.15, -0.1) is 0 Å². The molecule has 0 spiro atoms. The molecule has 226 valence electrons. The number of rotatable bonds is 0. The summed E-state index contributed by atoms with van der Waals surface area (Å²) in [5.74, 6) is 0. The fraction of sp³-hybridized carbons (Fsp3) is 0.600. The summed E-state index contributed by atoms with van der Waals surface area (Å²) in [6.45, 7) is 3.23. The lowest BCUT2D eigenvalue weighted by Crippen LogP contribution is -2.03. The van der Waals surface area contributed by atoms with Gasteiger partial charge < -0.3 is 109 Å². The molecule has 0 saturated carbocycles. The normalized spacial score (nSPS) is 13.3. The number of nitrogens with one attached hydrogen (secondary N) is 1. The van der Waals surface area contributed by atoms with Crippen LogP contribution in [0.4, 0.5) is 104 Å². The summed E-state index contributed by atoms with van der Waals surface area (Å²) < 4.78 is 234. The summed E-state index contributed by atoms with van der Waals surface area (Å²) in [7, 11) is -36.0. The van der Waals surface area contributed by atoms with Gasteiger partial charge in [0.25, 0.3) is 0 Å². The predicted octanol–water partition coefficient (Wildman–Crippen LogP) is 8.68. The molecule has 0 amide bonds. The summed E-state index contributed by atoms with van der Waals surface area (Å²) in [4.78, 5) is 0. The van der Waals surface area contributed by atoms with Crippen LogP contribution >= 0.6 is 0 Å². The third-order valence-electron chi connectivity index (χ3n) is 0.999. The van der Waals surface area contributed by atoms with E-state index in [0.717, 1.165) is 6.54 Å². The fourth-order valence-corrected chi connectivity index (χ4v) is 0.630. The van der Waals surface area contributed by atoms with Gasteiger partial charge in [-0.1, -0.05) is 6.08 Å². The van der Waals surface area contributed by atoms with Crippen molar-refractivity contribution in [1.82, 2.24) is 5.32 Å². The van der Waals surface area contributed by atoms with E-state index in [1.54, 1.807) is 0 Å². The Balaban J connectivity index is -0.0000000731. The van der Waals surface area contributed by atoms with Gasteiger partial charge >= 0.3 is 43.5 Å². The minimum atomic E-state index is -6.00. The number of halogens is 24. The summed E-state index contributed by atoms with van der Waals surface area (Å²) in [6.07, 6.45) is 3.42. The molecule has 0 bridgehead atoms. The van der Waals surface area contributed by atoms with Gasteiger partial charge in [0, 0.05) is 12.2 Å². The summed E-state index contributed by atoms with van der Waals surface area (Å²) >= 11 is 0. The van der Waals surface area contributed by atoms with Gasteiger partial charge in [0.1, 0.15) is 0 Å². The van der Waals surface area contributed by atoms with E-state index in [1.807, 2.05) is 0 Å². The molecule has 0 saturated heterocycles. The predicted molar refractivity (Wildman–Crippen MR) is 87.5 cm³/mol. The average Bonchev–Trinajstić information content (AvgIpc) is 2.76. The molecule has 0 atom stereocenters. The minimum absolute atomic E-state index is 1.14. The summed E-state index contributed by atoms with van der Waals surface area (Å²) in [6, 6.07) is 0. The van der Waals surface area contributed by atoms with Crippen LogP contribution in [0.25, 0.3) is 0 Å². The molecule has 0 aromatic heterocycles. The maximum atomic E-state index is 9.75. The first-order valence-electron chi connectivity index (χ1n) is 7.54. The zero-order valence-electron chi connectivity index (χ0n) is 16.5. The summed E-state index contributed by atoms with van der Waals surface area (Å²) in [5.41, 5.74) is 1.33. The van der Waals surface area contributed by atoms with E-state index >= 15 is 0 Å². The van der Waals surface area contributed by atoms with Crippen molar-refractivity contribution in [1.29, 1.82) is 0 Å². The minimum Gasteiger partial charge on any atom is -0.418 e. The Labute approximate surface area is 185 Å². The van der Waals surface area contributed by atoms with Crippen molar-refractivity contribution in [3.63, 3.8) is 0 Å². The molecule has 1 rings (SSSR count). The lowest BCUT2D eigenvalue weighted by molar-refractivity contribution is 0.366. The first-order chi connectivity index (χ1) is 14.9. The van der Waals surface area contributed by atoms with Gasteiger partial charge in [-0.05, 0) is 13.3 Å². The van der Waals surface area contributed by atoms with Gasteiger partial charge in [-0.25, -0.2) is 0 Å². The highest BCUT2D eigenvalue weighted by Gasteiger charge is 2.22. The first-order valence-corrected chi connectivity index (χ1v) is 7.54. The second-order valence-electron chi connectivity index (χ2n) is 4.57. The highest BCUT2D eigenvalue weighted by Crippen LogP contribution is 2.09. The largest absolute Gasteiger partial charge is 0.673 e. The van der Waals surface area contributed by atoms with Crippen molar-refractivity contribution >= 4 is 43.5 Å². The second kappa shape index (κ2) is 20.3. The van der Waals surface area contributed by atoms with Crippen LogP contribution in [0.2, 0.25) is 0 Å². The van der Waals surface area contributed by atoms with Crippen molar-refractivity contribution in [3.05, 3.63) is 11.8 Å². The van der Waals surface area contributed by atoms with Crippen molar-refractivity contribution < 1.29 is 104 Å². The molecule has 1 nitrogen and oxygen atoms in total. The molecular weight excluding hydrogens is 595 g/mol. The number of hydrogen-bond donors (Lipinski definition) is 1. The zero-order valence-corrected chi connectivity index (χ0v) is 16.5. The molecule has 0 aliphatic carbocycles. The van der Waals surface area contributed by atoms with E-state index in [0.29, 0.717) is 0 Å². The second-order valence-corrected chi connectivity index (χ2v) is 4.57. The van der Waals surface area contributed by atoms with Crippen molar-refractivity contribution in [2.24, 2.45) is 0 Å². The third-order valence-corrected chi connectivity index (χ3v) is 0.999. The topological polar surface area (TPSA) is 12.0 Å². The molecule has 0 aromatic carbocycles. The Morgan fingerprint density at radius 1 is 0.417 bits per heavy atom. The fourth-order valence-electron chi connectivity index (χ4n) is 0.630. The van der Waals surface area contributed by atoms with Crippen molar-refractivity contribution in [3.8, 4) is 0 Å². The molecule has 0 fully saturated rings. The highest BCUT2D eigenvalue weighted by molar-refractivity contribution is 6.51. The maximum absolute atomic E-state index is 9.75. The van der Waals surface area contributed by atoms with Gasteiger partial charge in [0.05, 0.1) is 0 Å². The van der Waals surface area contributed by atoms with Crippen LogP contribution in [0.3, 0.4) is 0 Å². The van der Waals surface area contributed by atoms with Gasteiger partial charge in [0.2, 0.25) is 0 Å². The van der Waals surface area contributed by atoms with E-state index in [-0.39, 0.29) is 0 Å². The van der Waals surface area contributed by atoms with Gasteiger partial charge in [-0.3, -0.25) is 0 Å². The molecule has 1 aliphatic heterocycles. The third kappa shape index (κ3) is 1140. The number of hydrogen-bond acceptors (Lipinski definition) is 1. The van der Waals surface area contributed by atoms with Crippen molar-refractivity contribution in [2.75, 3.05) is 6.54 Å². The molecule has 0 aromatic rings. The molecule has 0 unspecified atom stereocenters. The Kier molecular flexibility index (Phi) is 26.8. The molecule has 1 aliphatic rings. The quantitative estimate of drug-likeness (QED) is 0.216. The van der Waals surface area contributed by atoms with Crippen molar-refractivity contribution in [2.45, 2.75) is 13.3 Å². The Morgan fingerprint density at radius 3 is 0.583 bits per heavy atom. The van der Waals surface area contributed by atoms with Gasteiger partial charge in [0.15, 0.2) is 0 Å². The smallest absolute Gasteiger partial charge is 0.418 e. The maximum Gasteiger partial charge on any atom is 0.673 e. The van der Waals surface area contributed by atoms with Crippen LogP contribution in [0.1, 0.15) is 13.3 Å². The molecule has 1 heterocycles. The van der Waals surface area contributed by atoms with E-state index in [2.05, 4.69) is 18.3 Å². The molecular formula is C5H9B6F24N-6. The molecule has 36 heavy (non-hydrogen) atoms.